The molecule has 0 unspecified atom stereocenters. The lowest BCUT2D eigenvalue weighted by Gasteiger charge is -2.15. The molecule has 6 heteroatoms. The molecule has 0 aliphatic heterocycles. The Morgan fingerprint density at radius 3 is 2.89 bits per heavy atom. The Balaban J connectivity index is 2.08. The highest BCUT2D eigenvalue weighted by molar-refractivity contribution is 6.30. The summed E-state index contributed by atoms with van der Waals surface area (Å²) < 4.78 is 0. The average Bonchev–Trinajstić information content (AvgIpc) is 2.75. The van der Waals surface area contributed by atoms with Gasteiger partial charge in [-0.15, -0.1) is 5.10 Å². The van der Waals surface area contributed by atoms with E-state index >= 15 is 0 Å². The SMILES string of the molecule is Cc1nc(C(=O)N(C)Cc2cccc(Cl)c2)n[nH]1. The van der Waals surface area contributed by atoms with Crippen LogP contribution in [0, 0.1) is 6.92 Å². The van der Waals surface area contributed by atoms with Gasteiger partial charge in [0, 0.05) is 18.6 Å². The average molecular weight is 265 g/mol. The van der Waals surface area contributed by atoms with Gasteiger partial charge in [-0.2, -0.15) is 0 Å². The lowest BCUT2D eigenvalue weighted by atomic mass is 10.2. The van der Waals surface area contributed by atoms with E-state index in [4.69, 9.17) is 11.6 Å². The molecule has 1 heterocycles. The summed E-state index contributed by atoms with van der Waals surface area (Å²) in [6, 6.07) is 7.39. The van der Waals surface area contributed by atoms with E-state index in [0.29, 0.717) is 17.4 Å². The summed E-state index contributed by atoms with van der Waals surface area (Å²) >= 11 is 5.90. The number of nitrogens with zero attached hydrogens (tertiary/aromatic N) is 3. The molecule has 94 valence electrons. The summed E-state index contributed by atoms with van der Waals surface area (Å²) in [5.74, 6) is 0.575. The van der Waals surface area contributed by atoms with Crippen molar-refractivity contribution in [2.75, 3.05) is 7.05 Å². The highest BCUT2D eigenvalue weighted by atomic mass is 35.5. The fourth-order valence-electron chi connectivity index (χ4n) is 1.59. The number of halogens is 1. The fraction of sp³-hybridized carbons (Fsp3) is 0.250. The van der Waals surface area contributed by atoms with Crippen LogP contribution in [-0.2, 0) is 6.54 Å². The van der Waals surface area contributed by atoms with Crippen molar-refractivity contribution >= 4 is 17.5 Å². The van der Waals surface area contributed by atoms with Crippen molar-refractivity contribution in [2.45, 2.75) is 13.5 Å². The largest absolute Gasteiger partial charge is 0.335 e. The molecule has 1 N–H and O–H groups in total. The van der Waals surface area contributed by atoms with Crippen LogP contribution in [0.3, 0.4) is 0 Å². The fourth-order valence-corrected chi connectivity index (χ4v) is 1.80. The molecule has 2 rings (SSSR count). The van der Waals surface area contributed by atoms with Gasteiger partial charge in [0.15, 0.2) is 0 Å². The number of nitrogens with one attached hydrogen (secondary N) is 1. The van der Waals surface area contributed by atoms with Gasteiger partial charge >= 0.3 is 0 Å². The number of hydrogen-bond acceptors (Lipinski definition) is 3. The van der Waals surface area contributed by atoms with Crippen molar-refractivity contribution in [1.29, 1.82) is 0 Å². The van der Waals surface area contributed by atoms with Crippen molar-refractivity contribution in [2.24, 2.45) is 0 Å². The van der Waals surface area contributed by atoms with Gasteiger partial charge in [-0.1, -0.05) is 23.7 Å². The standard InChI is InChI=1S/C12H13ClN4O/c1-8-14-11(16-15-8)12(18)17(2)7-9-4-3-5-10(13)6-9/h3-6H,7H2,1-2H3,(H,14,15,16). The van der Waals surface area contributed by atoms with Crippen LogP contribution in [-0.4, -0.2) is 33.0 Å². The Kier molecular flexibility index (Phi) is 3.62. The second kappa shape index (κ2) is 5.18. The van der Waals surface area contributed by atoms with Gasteiger partial charge in [0.1, 0.15) is 5.82 Å². The van der Waals surface area contributed by atoms with Crippen LogP contribution in [0.25, 0.3) is 0 Å². The normalized spacial score (nSPS) is 10.4. The first-order valence-corrected chi connectivity index (χ1v) is 5.83. The van der Waals surface area contributed by atoms with E-state index in [1.165, 1.54) is 0 Å². The number of aromatic nitrogens is 3. The molecule has 0 aliphatic carbocycles. The highest BCUT2D eigenvalue weighted by Gasteiger charge is 2.16. The Hall–Kier alpha value is -1.88. The molecule has 0 spiro atoms. The summed E-state index contributed by atoms with van der Waals surface area (Å²) in [4.78, 5) is 17.6. The molecule has 0 saturated heterocycles. The molecule has 1 aromatic carbocycles. The smallest absolute Gasteiger partial charge is 0.293 e. The lowest BCUT2D eigenvalue weighted by molar-refractivity contribution is 0.0773. The predicted octanol–water partition coefficient (Wildman–Crippen LogP) is 2.04. The third-order valence-corrected chi connectivity index (χ3v) is 2.68. The third-order valence-electron chi connectivity index (χ3n) is 2.44. The molecule has 0 aliphatic rings. The second-order valence-corrected chi connectivity index (χ2v) is 4.47. The molecular weight excluding hydrogens is 252 g/mol. The molecule has 0 atom stereocenters. The quantitative estimate of drug-likeness (QED) is 0.923. The van der Waals surface area contributed by atoms with Crippen molar-refractivity contribution < 1.29 is 4.79 Å². The Morgan fingerprint density at radius 1 is 1.50 bits per heavy atom. The van der Waals surface area contributed by atoms with Gasteiger partial charge in [0.25, 0.3) is 5.91 Å². The topological polar surface area (TPSA) is 61.9 Å². The van der Waals surface area contributed by atoms with Crippen LogP contribution >= 0.6 is 11.6 Å². The third kappa shape index (κ3) is 2.87. The number of aryl methyl sites for hydroxylation is 1. The lowest BCUT2D eigenvalue weighted by Crippen LogP contribution is -2.27. The summed E-state index contributed by atoms with van der Waals surface area (Å²) in [6.45, 7) is 2.22. The van der Waals surface area contributed by atoms with E-state index in [1.807, 2.05) is 18.2 Å². The van der Waals surface area contributed by atoms with Crippen LogP contribution in [0.2, 0.25) is 5.02 Å². The Morgan fingerprint density at radius 2 is 2.28 bits per heavy atom. The zero-order valence-corrected chi connectivity index (χ0v) is 10.9. The van der Waals surface area contributed by atoms with E-state index in [2.05, 4.69) is 15.2 Å². The van der Waals surface area contributed by atoms with Gasteiger partial charge in [0.2, 0.25) is 5.82 Å². The monoisotopic (exact) mass is 264 g/mol. The molecule has 18 heavy (non-hydrogen) atoms. The molecular formula is C12H13ClN4O. The van der Waals surface area contributed by atoms with Crippen molar-refractivity contribution in [1.82, 2.24) is 20.1 Å². The minimum atomic E-state index is -0.223. The second-order valence-electron chi connectivity index (χ2n) is 4.04. The van der Waals surface area contributed by atoms with E-state index in [0.717, 1.165) is 5.56 Å². The first-order valence-electron chi connectivity index (χ1n) is 5.45. The van der Waals surface area contributed by atoms with Crippen molar-refractivity contribution in [3.8, 4) is 0 Å². The summed E-state index contributed by atoms with van der Waals surface area (Å²) in [6.07, 6.45) is 0. The van der Waals surface area contributed by atoms with Gasteiger partial charge in [-0.05, 0) is 24.6 Å². The molecule has 1 amide bonds. The first-order chi connectivity index (χ1) is 8.56. The maximum Gasteiger partial charge on any atom is 0.293 e. The van der Waals surface area contributed by atoms with Crippen LogP contribution < -0.4 is 0 Å². The zero-order chi connectivity index (χ0) is 13.1. The number of H-pyrrole nitrogens is 1. The number of rotatable bonds is 3. The predicted molar refractivity (Wildman–Crippen MR) is 68.4 cm³/mol. The van der Waals surface area contributed by atoms with Crippen LogP contribution in [0.5, 0.6) is 0 Å². The van der Waals surface area contributed by atoms with Gasteiger partial charge in [-0.25, -0.2) is 4.98 Å². The molecule has 0 fully saturated rings. The number of aromatic amines is 1. The number of amides is 1. The molecule has 1 aromatic heterocycles. The van der Waals surface area contributed by atoms with Gasteiger partial charge in [-0.3, -0.25) is 9.89 Å². The summed E-state index contributed by atoms with van der Waals surface area (Å²) in [5.41, 5.74) is 0.964. The van der Waals surface area contributed by atoms with Crippen LogP contribution in [0.1, 0.15) is 22.0 Å². The molecule has 0 radical (unpaired) electrons. The zero-order valence-electron chi connectivity index (χ0n) is 10.1. The first kappa shape index (κ1) is 12.6. The summed E-state index contributed by atoms with van der Waals surface area (Å²) in [5, 5.41) is 7.14. The minimum Gasteiger partial charge on any atom is -0.335 e. The Labute approximate surface area is 110 Å². The summed E-state index contributed by atoms with van der Waals surface area (Å²) in [7, 11) is 1.70. The van der Waals surface area contributed by atoms with Crippen LogP contribution in [0.15, 0.2) is 24.3 Å². The molecule has 0 saturated carbocycles. The highest BCUT2D eigenvalue weighted by Crippen LogP contribution is 2.12. The maximum atomic E-state index is 12.0. The molecule has 5 nitrogen and oxygen atoms in total. The van der Waals surface area contributed by atoms with E-state index in [9.17, 15) is 4.79 Å². The number of benzene rings is 1. The number of carbonyl (C=O) groups excluding carboxylic acids is 1. The number of carbonyl (C=O) groups is 1. The van der Waals surface area contributed by atoms with E-state index in [1.54, 1.807) is 24.9 Å². The molecule has 0 bridgehead atoms. The van der Waals surface area contributed by atoms with E-state index < -0.39 is 0 Å². The van der Waals surface area contributed by atoms with Crippen molar-refractivity contribution in [3.63, 3.8) is 0 Å². The van der Waals surface area contributed by atoms with Crippen molar-refractivity contribution in [3.05, 3.63) is 46.5 Å². The maximum absolute atomic E-state index is 12.0. The van der Waals surface area contributed by atoms with Gasteiger partial charge in [0.05, 0.1) is 0 Å². The van der Waals surface area contributed by atoms with E-state index in [-0.39, 0.29) is 11.7 Å². The molecule has 2 aromatic rings. The number of hydrogen-bond donors (Lipinski definition) is 1. The van der Waals surface area contributed by atoms with Crippen LogP contribution in [0.4, 0.5) is 0 Å². The van der Waals surface area contributed by atoms with Gasteiger partial charge < -0.3 is 4.90 Å². The minimum absolute atomic E-state index is 0.178. The Bertz CT molecular complexity index is 567.